The second kappa shape index (κ2) is 13.1. The number of nitrogens with zero attached hydrogens (tertiary/aromatic N) is 1. The first-order valence-electron chi connectivity index (χ1n) is 11.7. The largest absolute Gasteiger partial charge is 0.497 e. The Labute approximate surface area is 205 Å². The molecule has 1 aromatic carbocycles. The van der Waals surface area contributed by atoms with E-state index in [2.05, 4.69) is 10.6 Å². The van der Waals surface area contributed by atoms with E-state index in [1.807, 2.05) is 24.3 Å². The molecule has 2 atom stereocenters. The van der Waals surface area contributed by atoms with Crippen molar-refractivity contribution >= 4 is 41.2 Å². The van der Waals surface area contributed by atoms with Crippen LogP contribution < -0.4 is 15.4 Å². The van der Waals surface area contributed by atoms with Crippen LogP contribution >= 0.6 is 23.5 Å². The van der Waals surface area contributed by atoms with Gasteiger partial charge < -0.3 is 20.3 Å². The molecule has 0 radical (unpaired) electrons. The molecular formula is C24H35N3O4S2. The minimum atomic E-state index is -0.639. The summed E-state index contributed by atoms with van der Waals surface area (Å²) in [5.74, 6) is 3.13. The van der Waals surface area contributed by atoms with Gasteiger partial charge in [0, 0.05) is 31.5 Å². The van der Waals surface area contributed by atoms with Gasteiger partial charge in [-0.15, -0.1) is 11.8 Å². The molecule has 1 aliphatic heterocycles. The molecule has 3 amide bonds. The second-order valence-electron chi connectivity index (χ2n) is 8.60. The van der Waals surface area contributed by atoms with Crippen molar-refractivity contribution in [1.29, 1.82) is 0 Å². The first-order chi connectivity index (χ1) is 16.0. The van der Waals surface area contributed by atoms with Gasteiger partial charge in [-0.1, -0.05) is 31.4 Å². The minimum absolute atomic E-state index is 0.118. The van der Waals surface area contributed by atoms with Crippen molar-refractivity contribution < 1.29 is 19.1 Å². The van der Waals surface area contributed by atoms with Gasteiger partial charge >= 0.3 is 0 Å². The molecule has 9 heteroatoms. The Kier molecular flexibility index (Phi) is 10.2. The molecule has 0 bridgehead atoms. The Bertz CT molecular complexity index is 799. The van der Waals surface area contributed by atoms with Crippen LogP contribution in [0.5, 0.6) is 5.75 Å². The van der Waals surface area contributed by atoms with Gasteiger partial charge in [-0.25, -0.2) is 0 Å². The minimum Gasteiger partial charge on any atom is -0.497 e. The maximum Gasteiger partial charge on any atom is 0.253 e. The second-order valence-corrected chi connectivity index (χ2v) is 10.9. The fraction of sp³-hybridized carbons (Fsp3) is 0.625. The van der Waals surface area contributed by atoms with E-state index < -0.39 is 11.4 Å². The molecule has 1 heterocycles. The molecule has 7 nitrogen and oxygen atoms in total. The Morgan fingerprint density at radius 2 is 1.91 bits per heavy atom. The summed E-state index contributed by atoms with van der Waals surface area (Å²) in [5.41, 5.74) is 0.957. The van der Waals surface area contributed by atoms with Gasteiger partial charge in [0.25, 0.3) is 5.91 Å². The van der Waals surface area contributed by atoms with Crippen molar-refractivity contribution in [3.63, 3.8) is 0 Å². The number of amides is 3. The van der Waals surface area contributed by atoms with E-state index in [4.69, 9.17) is 4.74 Å². The smallest absolute Gasteiger partial charge is 0.253 e. The van der Waals surface area contributed by atoms with E-state index in [0.717, 1.165) is 22.8 Å². The third kappa shape index (κ3) is 7.84. The summed E-state index contributed by atoms with van der Waals surface area (Å²) in [6.07, 6.45) is 6.39. The van der Waals surface area contributed by atoms with E-state index in [0.29, 0.717) is 24.8 Å². The fourth-order valence-electron chi connectivity index (χ4n) is 4.20. The summed E-state index contributed by atoms with van der Waals surface area (Å²) in [4.78, 5) is 39.4. The number of methoxy groups -OCH3 is 1. The molecule has 1 saturated heterocycles. The van der Waals surface area contributed by atoms with Crippen LogP contribution in [0.2, 0.25) is 0 Å². The van der Waals surface area contributed by atoms with Crippen molar-refractivity contribution in [3.8, 4) is 5.75 Å². The van der Waals surface area contributed by atoms with Gasteiger partial charge in [-0.2, -0.15) is 11.8 Å². The number of ether oxygens (including phenoxy) is 1. The highest BCUT2D eigenvalue weighted by molar-refractivity contribution is 8.00. The van der Waals surface area contributed by atoms with Crippen LogP contribution in [0.1, 0.15) is 44.6 Å². The SMILES string of the molecule is COc1ccc(CNC(=O)[C@H](CSCC2CCCCC2)NC(=O)C2SCCN2C(C)=O)cc1. The van der Waals surface area contributed by atoms with E-state index in [1.165, 1.54) is 50.8 Å². The van der Waals surface area contributed by atoms with Crippen LogP contribution in [0.4, 0.5) is 0 Å². The summed E-state index contributed by atoms with van der Waals surface area (Å²) in [6, 6.07) is 6.89. The van der Waals surface area contributed by atoms with Crippen molar-refractivity contribution in [1.82, 2.24) is 15.5 Å². The average molecular weight is 494 g/mol. The zero-order valence-corrected chi connectivity index (χ0v) is 21.1. The van der Waals surface area contributed by atoms with Gasteiger partial charge in [-0.3, -0.25) is 14.4 Å². The van der Waals surface area contributed by atoms with Crippen molar-refractivity contribution in [2.45, 2.75) is 57.0 Å². The van der Waals surface area contributed by atoms with Crippen molar-refractivity contribution in [3.05, 3.63) is 29.8 Å². The third-order valence-corrected chi connectivity index (χ3v) is 8.62. The Balaban J connectivity index is 1.58. The standard InChI is InChI=1S/C24H35N3O4S2/c1-17(28)27-12-13-33-24(27)23(30)26-21(16-32-15-19-6-4-3-5-7-19)22(29)25-14-18-8-10-20(31-2)11-9-18/h8-11,19,21,24H,3-7,12-16H2,1-2H3,(H,25,29)(H,26,30)/t21-,24?/m0/s1. The normalized spacial score (nSPS) is 19.7. The topological polar surface area (TPSA) is 87.7 Å². The quantitative estimate of drug-likeness (QED) is 0.521. The molecule has 1 aromatic rings. The molecular weight excluding hydrogens is 458 g/mol. The van der Waals surface area contributed by atoms with Crippen LogP contribution in [0.15, 0.2) is 24.3 Å². The number of carbonyl (C=O) groups excluding carboxylic acids is 3. The molecule has 2 fully saturated rings. The van der Waals surface area contributed by atoms with Gasteiger partial charge in [0.1, 0.15) is 11.8 Å². The Morgan fingerprint density at radius 3 is 2.58 bits per heavy atom. The van der Waals surface area contributed by atoms with E-state index in [-0.39, 0.29) is 17.7 Å². The Hall–Kier alpha value is -1.87. The number of hydrogen-bond acceptors (Lipinski definition) is 6. The molecule has 2 aliphatic rings. The highest BCUT2D eigenvalue weighted by atomic mass is 32.2. The third-order valence-electron chi connectivity index (χ3n) is 6.14. The number of carbonyl (C=O) groups is 3. The molecule has 1 saturated carbocycles. The van der Waals surface area contributed by atoms with Gasteiger partial charge in [0.15, 0.2) is 5.37 Å². The summed E-state index contributed by atoms with van der Waals surface area (Å²) in [7, 11) is 1.62. The number of thioether (sulfide) groups is 2. The van der Waals surface area contributed by atoms with E-state index >= 15 is 0 Å². The summed E-state index contributed by atoms with van der Waals surface area (Å²) in [6.45, 7) is 2.41. The van der Waals surface area contributed by atoms with Crippen molar-refractivity contribution in [2.24, 2.45) is 5.92 Å². The lowest BCUT2D eigenvalue weighted by atomic mass is 9.91. The number of benzene rings is 1. The summed E-state index contributed by atoms with van der Waals surface area (Å²) < 4.78 is 5.18. The molecule has 1 aliphatic carbocycles. The molecule has 182 valence electrons. The van der Waals surface area contributed by atoms with Crippen LogP contribution in [-0.2, 0) is 20.9 Å². The van der Waals surface area contributed by atoms with E-state index in [9.17, 15) is 14.4 Å². The first kappa shape index (κ1) is 25.7. The lowest BCUT2D eigenvalue weighted by Gasteiger charge is -2.25. The Morgan fingerprint density at radius 1 is 1.18 bits per heavy atom. The fourth-order valence-corrected chi connectivity index (χ4v) is 6.65. The molecule has 33 heavy (non-hydrogen) atoms. The number of hydrogen-bond donors (Lipinski definition) is 2. The number of rotatable bonds is 10. The summed E-state index contributed by atoms with van der Waals surface area (Å²) >= 11 is 3.18. The molecule has 1 unspecified atom stereocenters. The summed E-state index contributed by atoms with van der Waals surface area (Å²) in [5, 5.41) is 5.32. The zero-order valence-electron chi connectivity index (χ0n) is 19.5. The first-order valence-corrected chi connectivity index (χ1v) is 13.9. The molecule has 3 rings (SSSR count). The maximum absolute atomic E-state index is 13.0. The lowest BCUT2D eigenvalue weighted by Crippen LogP contribution is -2.53. The maximum atomic E-state index is 13.0. The van der Waals surface area contributed by atoms with Crippen LogP contribution in [0.25, 0.3) is 0 Å². The highest BCUT2D eigenvalue weighted by Gasteiger charge is 2.35. The van der Waals surface area contributed by atoms with Crippen LogP contribution in [-0.4, -0.2) is 65.0 Å². The number of nitrogens with one attached hydrogen (secondary N) is 2. The molecule has 2 N–H and O–H groups in total. The zero-order chi connectivity index (χ0) is 23.6. The van der Waals surface area contributed by atoms with Gasteiger partial charge in [0.05, 0.1) is 7.11 Å². The predicted molar refractivity (Wildman–Crippen MR) is 134 cm³/mol. The predicted octanol–water partition coefficient (Wildman–Crippen LogP) is 3.03. The van der Waals surface area contributed by atoms with Gasteiger partial charge in [-0.05, 0) is 42.2 Å². The molecule has 0 spiro atoms. The van der Waals surface area contributed by atoms with Crippen LogP contribution in [0, 0.1) is 5.92 Å². The van der Waals surface area contributed by atoms with Gasteiger partial charge in [0.2, 0.25) is 11.8 Å². The monoisotopic (exact) mass is 493 g/mol. The highest BCUT2D eigenvalue weighted by Crippen LogP contribution is 2.27. The average Bonchev–Trinajstić information content (AvgIpc) is 3.33. The van der Waals surface area contributed by atoms with E-state index in [1.54, 1.807) is 23.8 Å². The van der Waals surface area contributed by atoms with Crippen molar-refractivity contribution in [2.75, 3.05) is 30.9 Å². The lowest BCUT2D eigenvalue weighted by molar-refractivity contribution is -0.136. The molecule has 0 aromatic heterocycles. The van der Waals surface area contributed by atoms with Crippen LogP contribution in [0.3, 0.4) is 0 Å².